The molecule has 0 rings (SSSR count). The van der Waals surface area contributed by atoms with Gasteiger partial charge in [-0.1, -0.05) is 0 Å². The molecule has 0 saturated heterocycles. The number of carbonyl (C=O) groups is 1. The van der Waals surface area contributed by atoms with Gasteiger partial charge in [-0.3, -0.25) is 4.79 Å². The number of carboxylic acid groups (broad SMARTS) is 1. The molecule has 9 heavy (non-hydrogen) atoms. The van der Waals surface area contributed by atoms with Gasteiger partial charge in [0.1, 0.15) is 0 Å². The fraction of sp³-hybridized carbons (Fsp3) is 0.800. The molecule has 0 saturated carbocycles. The predicted molar refractivity (Wildman–Crippen MR) is 29.7 cm³/mol. The molecular formula is C5H11LiO3. The number of carboxylic acids is 1. The zero-order chi connectivity index (χ0) is 6.41. The van der Waals surface area contributed by atoms with Crippen molar-refractivity contribution in [2.45, 2.75) is 19.3 Å². The van der Waals surface area contributed by atoms with E-state index in [4.69, 9.17) is 10.2 Å². The van der Waals surface area contributed by atoms with Gasteiger partial charge in [-0.05, 0) is 12.8 Å². The number of hydrogen-bond acceptors (Lipinski definition) is 2. The molecule has 2 N–H and O–H groups in total. The Balaban J connectivity index is -0.000000245. The van der Waals surface area contributed by atoms with Crippen LogP contribution in [0.15, 0.2) is 0 Å². The molecule has 0 radical (unpaired) electrons. The van der Waals surface area contributed by atoms with Crippen LogP contribution in [-0.4, -0.2) is 22.8 Å². The smallest absolute Gasteiger partial charge is 1.00 e. The Kier molecular flexibility index (Phi) is 10.5. The van der Waals surface area contributed by atoms with Crippen molar-refractivity contribution in [1.29, 1.82) is 0 Å². The molecule has 0 aromatic rings. The van der Waals surface area contributed by atoms with Crippen molar-refractivity contribution >= 4 is 5.97 Å². The van der Waals surface area contributed by atoms with Crippen LogP contribution in [0.1, 0.15) is 20.7 Å². The Morgan fingerprint density at radius 1 is 1.44 bits per heavy atom. The summed E-state index contributed by atoms with van der Waals surface area (Å²) in [5.74, 6) is -0.793. The molecule has 0 bridgehead atoms. The Bertz CT molecular complexity index is 79.3. The number of hydrogen-bond donors (Lipinski definition) is 2. The second-order valence-corrected chi connectivity index (χ2v) is 1.57. The SMILES string of the molecule is O=C(O)CCCCO.[H-].[Li+]. The molecule has 4 heteroatoms. The van der Waals surface area contributed by atoms with E-state index >= 15 is 0 Å². The van der Waals surface area contributed by atoms with E-state index in [2.05, 4.69) is 0 Å². The number of aliphatic hydroxyl groups is 1. The minimum absolute atomic E-state index is 0. The van der Waals surface area contributed by atoms with Crippen molar-refractivity contribution in [3.63, 3.8) is 0 Å². The first kappa shape index (κ1) is 11.8. The third kappa shape index (κ3) is 11.5. The zero-order valence-corrected chi connectivity index (χ0v) is 5.63. The Labute approximate surface area is 67.7 Å². The topological polar surface area (TPSA) is 57.5 Å². The standard InChI is InChI=1S/C5H10O3.Li.H/c6-4-2-1-3-5(7)8;;/h6H,1-4H2,(H,7,8);;/q;+1;-1. The molecule has 0 aliphatic rings. The van der Waals surface area contributed by atoms with E-state index in [1.807, 2.05) is 0 Å². The largest absolute Gasteiger partial charge is 1.00 e. The van der Waals surface area contributed by atoms with E-state index in [-0.39, 0.29) is 33.3 Å². The molecule has 0 heterocycles. The van der Waals surface area contributed by atoms with Gasteiger partial charge in [0.05, 0.1) is 0 Å². The molecule has 0 aromatic heterocycles. The summed E-state index contributed by atoms with van der Waals surface area (Å²) < 4.78 is 0. The van der Waals surface area contributed by atoms with Crippen LogP contribution in [0, 0.1) is 0 Å². The van der Waals surface area contributed by atoms with Gasteiger partial charge in [-0.25, -0.2) is 0 Å². The fourth-order valence-corrected chi connectivity index (χ4v) is 0.388. The minimum atomic E-state index is -0.793. The third-order valence-corrected chi connectivity index (χ3v) is 0.799. The molecular weight excluding hydrogens is 115 g/mol. The summed E-state index contributed by atoms with van der Waals surface area (Å²) >= 11 is 0. The molecule has 0 amide bonds. The van der Waals surface area contributed by atoms with Gasteiger partial charge in [-0.15, -0.1) is 0 Å². The minimum Gasteiger partial charge on any atom is -1.00 e. The number of rotatable bonds is 4. The van der Waals surface area contributed by atoms with Crippen molar-refractivity contribution in [3.05, 3.63) is 0 Å². The van der Waals surface area contributed by atoms with Crippen LogP contribution in [0.5, 0.6) is 0 Å². The molecule has 3 nitrogen and oxygen atoms in total. The van der Waals surface area contributed by atoms with Crippen molar-refractivity contribution in [3.8, 4) is 0 Å². The van der Waals surface area contributed by atoms with Crippen LogP contribution in [0.4, 0.5) is 0 Å². The van der Waals surface area contributed by atoms with Crippen LogP contribution in [0.25, 0.3) is 0 Å². The Morgan fingerprint density at radius 3 is 2.33 bits per heavy atom. The van der Waals surface area contributed by atoms with Gasteiger partial charge in [0.2, 0.25) is 0 Å². The molecule has 0 atom stereocenters. The van der Waals surface area contributed by atoms with E-state index in [1.165, 1.54) is 0 Å². The number of aliphatic carboxylic acids is 1. The third-order valence-electron chi connectivity index (χ3n) is 0.799. The van der Waals surface area contributed by atoms with E-state index in [0.29, 0.717) is 12.8 Å². The van der Waals surface area contributed by atoms with Crippen LogP contribution < -0.4 is 18.9 Å². The Hall–Kier alpha value is 0.0274. The van der Waals surface area contributed by atoms with Crippen LogP contribution in [0.2, 0.25) is 0 Å². The number of unbranched alkanes of at least 4 members (excludes halogenated alkanes) is 1. The summed E-state index contributed by atoms with van der Waals surface area (Å²) in [5.41, 5.74) is 0. The van der Waals surface area contributed by atoms with Crippen LogP contribution in [-0.2, 0) is 4.79 Å². The van der Waals surface area contributed by atoms with Crippen LogP contribution >= 0.6 is 0 Å². The first-order valence-corrected chi connectivity index (χ1v) is 2.60. The first-order chi connectivity index (χ1) is 3.77. The first-order valence-electron chi connectivity index (χ1n) is 2.60. The molecule has 0 aromatic carbocycles. The van der Waals surface area contributed by atoms with Crippen LogP contribution in [0.3, 0.4) is 0 Å². The molecule has 0 aliphatic heterocycles. The van der Waals surface area contributed by atoms with Gasteiger partial charge in [-0.2, -0.15) is 0 Å². The van der Waals surface area contributed by atoms with Crippen molar-refractivity contribution in [1.82, 2.24) is 0 Å². The quantitative estimate of drug-likeness (QED) is 0.319. The predicted octanol–water partition coefficient (Wildman–Crippen LogP) is -2.65. The van der Waals surface area contributed by atoms with Gasteiger partial charge in [0, 0.05) is 13.0 Å². The van der Waals surface area contributed by atoms with E-state index in [9.17, 15) is 4.79 Å². The average molecular weight is 126 g/mol. The molecule has 0 fully saturated rings. The normalized spacial score (nSPS) is 8.11. The van der Waals surface area contributed by atoms with Crippen molar-refractivity contribution < 1.29 is 35.3 Å². The fourth-order valence-electron chi connectivity index (χ4n) is 0.388. The number of aliphatic hydroxyl groups excluding tert-OH is 1. The summed E-state index contributed by atoms with van der Waals surface area (Å²) in [7, 11) is 0. The second-order valence-electron chi connectivity index (χ2n) is 1.57. The second kappa shape index (κ2) is 8.03. The van der Waals surface area contributed by atoms with Gasteiger partial charge >= 0.3 is 24.8 Å². The zero-order valence-electron chi connectivity index (χ0n) is 6.63. The summed E-state index contributed by atoms with van der Waals surface area (Å²) in [5, 5.41) is 16.2. The maximum atomic E-state index is 9.79. The van der Waals surface area contributed by atoms with Gasteiger partial charge in [0.15, 0.2) is 0 Å². The molecule has 50 valence electrons. The molecule has 0 unspecified atom stereocenters. The van der Waals surface area contributed by atoms with E-state index in [1.54, 1.807) is 0 Å². The average Bonchev–Trinajstić information content (AvgIpc) is 1.66. The van der Waals surface area contributed by atoms with Gasteiger partial charge < -0.3 is 11.6 Å². The summed E-state index contributed by atoms with van der Waals surface area (Å²) in [6.45, 7) is 0.0906. The van der Waals surface area contributed by atoms with Gasteiger partial charge in [0.25, 0.3) is 0 Å². The maximum Gasteiger partial charge on any atom is 1.00 e. The summed E-state index contributed by atoms with van der Waals surface area (Å²) in [6, 6.07) is 0. The molecule has 0 spiro atoms. The van der Waals surface area contributed by atoms with Crippen molar-refractivity contribution in [2.75, 3.05) is 6.61 Å². The van der Waals surface area contributed by atoms with Crippen molar-refractivity contribution in [2.24, 2.45) is 0 Å². The molecule has 0 aliphatic carbocycles. The van der Waals surface area contributed by atoms with E-state index in [0.717, 1.165) is 0 Å². The Morgan fingerprint density at radius 2 is 2.00 bits per heavy atom. The van der Waals surface area contributed by atoms with E-state index < -0.39 is 5.97 Å². The summed E-state index contributed by atoms with van der Waals surface area (Å²) in [6.07, 6.45) is 1.33. The summed E-state index contributed by atoms with van der Waals surface area (Å²) in [4.78, 5) is 9.79. The maximum absolute atomic E-state index is 9.79. The monoisotopic (exact) mass is 126 g/mol.